The number of pyridine rings is 1. The number of hydrogen-bond donors (Lipinski definition) is 0. The molecule has 4 aromatic heterocycles. The van der Waals surface area contributed by atoms with Crippen molar-refractivity contribution in [2.24, 2.45) is 0 Å². The summed E-state index contributed by atoms with van der Waals surface area (Å²) in [5.74, 6) is 0. The van der Waals surface area contributed by atoms with Crippen LogP contribution in [0.1, 0.15) is 16.8 Å². The lowest BCUT2D eigenvalue weighted by Crippen LogP contribution is -1.99. The number of para-hydroxylation sites is 2. The zero-order valence-electron chi connectivity index (χ0n) is 31.9. The van der Waals surface area contributed by atoms with Crippen LogP contribution in [0.5, 0.6) is 0 Å². The van der Waals surface area contributed by atoms with Crippen LogP contribution in [-0.2, 0) is 0 Å². The molecule has 0 fully saturated rings. The SMILES string of the molecule is C=C/C(=C\c1c(C)n(-c2cc(-c3ccccc3)cc(-c3ccccn3)c2)c2ccccc12)c1ccc2c(c1)c1ccccc1n2-c1ccc2sc3ccccc3c2c1. The lowest BCUT2D eigenvalue weighted by atomic mass is 9.99. The highest BCUT2D eigenvalue weighted by molar-refractivity contribution is 7.25. The van der Waals surface area contributed by atoms with E-state index in [1.54, 1.807) is 0 Å². The standard InChI is InChI=1S/C54H37N3S/c1-3-36(38-24-26-52-47(33-38)44-18-8-11-22-51(44)57(52)41-25-27-54-48(34-41)45-19-9-12-23-53(45)58-54)32-46-35(2)56(50-21-10-7-17-43(46)50)42-30-39(37-15-5-4-6-16-37)29-40(31-42)49-20-13-14-28-55-49/h3-34H,1H2,2H3/b36-32+. The first-order valence-electron chi connectivity index (χ1n) is 19.6. The van der Waals surface area contributed by atoms with E-state index in [9.17, 15) is 0 Å². The van der Waals surface area contributed by atoms with Crippen molar-refractivity contribution < 1.29 is 0 Å². The van der Waals surface area contributed by atoms with E-state index in [1.807, 2.05) is 35.7 Å². The van der Waals surface area contributed by atoms with E-state index < -0.39 is 0 Å². The minimum absolute atomic E-state index is 0.946. The largest absolute Gasteiger partial charge is 0.313 e. The van der Waals surface area contributed by atoms with Gasteiger partial charge in [-0.3, -0.25) is 4.98 Å². The molecule has 4 heteroatoms. The molecule has 274 valence electrons. The summed E-state index contributed by atoms with van der Waals surface area (Å²) in [6.07, 6.45) is 6.18. The molecule has 58 heavy (non-hydrogen) atoms. The van der Waals surface area contributed by atoms with Crippen LogP contribution in [0.15, 0.2) is 195 Å². The van der Waals surface area contributed by atoms with E-state index in [4.69, 9.17) is 4.98 Å². The predicted octanol–water partition coefficient (Wildman–Crippen LogP) is 14.9. The van der Waals surface area contributed by atoms with Gasteiger partial charge in [-0.2, -0.15) is 0 Å². The van der Waals surface area contributed by atoms with Crippen LogP contribution in [0.4, 0.5) is 0 Å². The van der Waals surface area contributed by atoms with Crippen molar-refractivity contribution in [3.05, 3.63) is 212 Å². The lowest BCUT2D eigenvalue weighted by Gasteiger charge is -2.14. The van der Waals surface area contributed by atoms with Gasteiger partial charge < -0.3 is 9.13 Å². The zero-order chi connectivity index (χ0) is 38.7. The fraction of sp³-hybridized carbons (Fsp3) is 0.0185. The zero-order valence-corrected chi connectivity index (χ0v) is 32.7. The highest BCUT2D eigenvalue weighted by Gasteiger charge is 2.19. The van der Waals surface area contributed by atoms with Gasteiger partial charge in [0.15, 0.2) is 0 Å². The van der Waals surface area contributed by atoms with Gasteiger partial charge in [-0.05, 0) is 114 Å². The first kappa shape index (κ1) is 34.0. The molecule has 0 bridgehead atoms. The Bertz CT molecular complexity index is 3360. The van der Waals surface area contributed by atoms with Crippen LogP contribution >= 0.6 is 11.3 Å². The maximum absolute atomic E-state index is 4.74. The minimum atomic E-state index is 0.946. The quantitative estimate of drug-likeness (QED) is 0.148. The maximum atomic E-state index is 4.74. The third-order valence-corrected chi connectivity index (χ3v) is 12.7. The summed E-state index contributed by atoms with van der Waals surface area (Å²) in [5, 5.41) is 6.25. The summed E-state index contributed by atoms with van der Waals surface area (Å²) in [6, 6.07) is 63.5. The van der Waals surface area contributed by atoms with Gasteiger partial charge in [0.05, 0.1) is 22.2 Å². The molecule has 4 heterocycles. The Balaban J connectivity index is 1.07. The number of fused-ring (bicyclic) bond motifs is 7. The molecule has 0 radical (unpaired) electrons. The fourth-order valence-corrected chi connectivity index (χ4v) is 9.91. The van der Waals surface area contributed by atoms with Crippen LogP contribution in [0.3, 0.4) is 0 Å². The summed E-state index contributed by atoms with van der Waals surface area (Å²) in [7, 11) is 0. The van der Waals surface area contributed by atoms with Crippen molar-refractivity contribution >= 4 is 75.9 Å². The van der Waals surface area contributed by atoms with Crippen molar-refractivity contribution in [1.82, 2.24) is 14.1 Å². The van der Waals surface area contributed by atoms with E-state index in [0.717, 1.165) is 44.9 Å². The van der Waals surface area contributed by atoms with Crippen molar-refractivity contribution in [3.63, 3.8) is 0 Å². The molecular formula is C54H37N3S. The molecule has 0 aliphatic rings. The number of rotatable bonds is 7. The first-order chi connectivity index (χ1) is 28.6. The molecule has 0 atom stereocenters. The van der Waals surface area contributed by atoms with E-state index in [-0.39, 0.29) is 0 Å². The molecule has 0 unspecified atom stereocenters. The molecule has 0 N–H and O–H groups in total. The van der Waals surface area contributed by atoms with Crippen LogP contribution in [0, 0.1) is 6.92 Å². The Hall–Kier alpha value is -7.27. The Morgan fingerprint density at radius 1 is 0.517 bits per heavy atom. The van der Waals surface area contributed by atoms with E-state index in [2.05, 4.69) is 193 Å². The third-order valence-electron chi connectivity index (χ3n) is 11.5. The van der Waals surface area contributed by atoms with E-state index >= 15 is 0 Å². The molecule has 0 saturated heterocycles. The molecule has 0 aliphatic heterocycles. The lowest BCUT2D eigenvalue weighted by molar-refractivity contribution is 1.05. The maximum Gasteiger partial charge on any atom is 0.0702 e. The summed E-state index contributed by atoms with van der Waals surface area (Å²) in [6.45, 7) is 6.58. The number of benzene rings is 7. The summed E-state index contributed by atoms with van der Waals surface area (Å²) in [4.78, 5) is 4.74. The normalized spacial score (nSPS) is 12.1. The van der Waals surface area contributed by atoms with Crippen LogP contribution < -0.4 is 0 Å². The number of aromatic nitrogens is 3. The van der Waals surface area contributed by atoms with Crippen LogP contribution in [0.2, 0.25) is 0 Å². The first-order valence-corrected chi connectivity index (χ1v) is 20.5. The molecule has 7 aromatic carbocycles. The number of nitrogens with zero attached hydrogens (tertiary/aromatic N) is 3. The third kappa shape index (κ3) is 5.53. The summed E-state index contributed by atoms with van der Waals surface area (Å²) in [5.41, 5.74) is 14.7. The molecule has 0 spiro atoms. The molecular weight excluding hydrogens is 723 g/mol. The van der Waals surface area contributed by atoms with Gasteiger partial charge >= 0.3 is 0 Å². The Morgan fingerprint density at radius 2 is 1.21 bits per heavy atom. The van der Waals surface area contributed by atoms with Gasteiger partial charge in [0, 0.05) is 70.7 Å². The average Bonchev–Trinajstić information content (AvgIpc) is 3.92. The molecule has 0 aliphatic carbocycles. The molecule has 0 amide bonds. The summed E-state index contributed by atoms with van der Waals surface area (Å²) < 4.78 is 7.44. The molecule has 3 nitrogen and oxygen atoms in total. The number of allylic oxidation sites excluding steroid dienone is 2. The average molecular weight is 760 g/mol. The molecule has 11 rings (SSSR count). The number of hydrogen-bond acceptors (Lipinski definition) is 2. The van der Waals surface area contributed by atoms with Gasteiger partial charge in [0.2, 0.25) is 0 Å². The monoisotopic (exact) mass is 759 g/mol. The topological polar surface area (TPSA) is 22.8 Å². The summed E-state index contributed by atoms with van der Waals surface area (Å²) >= 11 is 1.86. The van der Waals surface area contributed by atoms with Crippen molar-refractivity contribution in [1.29, 1.82) is 0 Å². The second kappa shape index (κ2) is 13.7. The Labute approximate surface area is 340 Å². The minimum Gasteiger partial charge on any atom is -0.313 e. The van der Waals surface area contributed by atoms with Gasteiger partial charge in [0.1, 0.15) is 0 Å². The van der Waals surface area contributed by atoms with Gasteiger partial charge in [-0.15, -0.1) is 11.3 Å². The Kier molecular flexibility index (Phi) is 8.05. The van der Waals surface area contributed by atoms with E-state index in [1.165, 1.54) is 64.2 Å². The second-order valence-corrected chi connectivity index (χ2v) is 16.0. The Morgan fingerprint density at radius 3 is 2.02 bits per heavy atom. The molecule has 11 aromatic rings. The second-order valence-electron chi connectivity index (χ2n) is 14.9. The van der Waals surface area contributed by atoms with Gasteiger partial charge in [0.25, 0.3) is 0 Å². The van der Waals surface area contributed by atoms with Crippen LogP contribution in [-0.4, -0.2) is 14.1 Å². The van der Waals surface area contributed by atoms with Crippen molar-refractivity contribution in [2.45, 2.75) is 6.92 Å². The smallest absolute Gasteiger partial charge is 0.0702 e. The molecule has 0 saturated carbocycles. The highest BCUT2D eigenvalue weighted by Crippen LogP contribution is 2.40. The van der Waals surface area contributed by atoms with E-state index in [0.29, 0.717) is 0 Å². The predicted molar refractivity (Wildman–Crippen MR) is 248 cm³/mol. The van der Waals surface area contributed by atoms with Gasteiger partial charge in [-0.1, -0.05) is 110 Å². The highest BCUT2D eigenvalue weighted by atomic mass is 32.1. The fourth-order valence-electron chi connectivity index (χ4n) is 8.83. The number of thiophene rings is 1. The van der Waals surface area contributed by atoms with Crippen molar-refractivity contribution in [2.75, 3.05) is 0 Å². The van der Waals surface area contributed by atoms with Crippen molar-refractivity contribution in [3.8, 4) is 33.8 Å². The van der Waals surface area contributed by atoms with Crippen LogP contribution in [0.25, 0.3) is 98.3 Å². The van der Waals surface area contributed by atoms with Gasteiger partial charge in [-0.25, -0.2) is 0 Å².